The van der Waals surface area contributed by atoms with E-state index in [0.29, 0.717) is 5.91 Å². The van der Waals surface area contributed by atoms with Gasteiger partial charge in [0.1, 0.15) is 0 Å². The number of nitrogens with zero attached hydrogens (tertiary/aromatic N) is 1. The number of hydrogen-bond acceptors (Lipinski definition) is 1. The molecule has 0 fully saturated rings. The van der Waals surface area contributed by atoms with Crippen LogP contribution in [0.4, 0.5) is 0 Å². The number of hydrogen-bond donors (Lipinski definition) is 0. The molecule has 138 valence electrons. The lowest BCUT2D eigenvalue weighted by atomic mass is 10.1. The molecule has 0 aromatic carbocycles. The quantitative estimate of drug-likeness (QED) is 0.272. The second-order valence-electron chi connectivity index (χ2n) is 7.02. The van der Waals surface area contributed by atoms with Crippen LogP contribution in [-0.2, 0) is 4.79 Å². The zero-order chi connectivity index (χ0) is 17.2. The van der Waals surface area contributed by atoms with Gasteiger partial charge in [0.25, 0.3) is 0 Å². The number of carbonyl (C=O) groups excluding carboxylic acids is 1. The highest BCUT2D eigenvalue weighted by Gasteiger charge is 2.12. The summed E-state index contributed by atoms with van der Waals surface area (Å²) in [6, 6.07) is 0. The highest BCUT2D eigenvalue weighted by molar-refractivity contribution is 5.76. The van der Waals surface area contributed by atoms with Crippen molar-refractivity contribution >= 4 is 5.91 Å². The Hall–Kier alpha value is -0.530. The smallest absolute Gasteiger partial charge is 0.222 e. The fourth-order valence-corrected chi connectivity index (χ4v) is 3.03. The monoisotopic (exact) mass is 325 g/mol. The van der Waals surface area contributed by atoms with Crippen molar-refractivity contribution in [2.24, 2.45) is 0 Å². The highest BCUT2D eigenvalue weighted by Crippen LogP contribution is 2.11. The first kappa shape index (κ1) is 22.5. The molecular weight excluding hydrogens is 282 g/mol. The molecular formula is C21H43NO. The van der Waals surface area contributed by atoms with Crippen molar-refractivity contribution in [1.82, 2.24) is 4.90 Å². The topological polar surface area (TPSA) is 20.3 Å². The van der Waals surface area contributed by atoms with Crippen LogP contribution in [-0.4, -0.2) is 23.9 Å². The maximum Gasteiger partial charge on any atom is 0.222 e. The highest BCUT2D eigenvalue weighted by atomic mass is 16.2. The van der Waals surface area contributed by atoms with Crippen LogP contribution in [0.15, 0.2) is 0 Å². The molecule has 0 atom stereocenters. The van der Waals surface area contributed by atoms with Crippen LogP contribution in [0.5, 0.6) is 0 Å². The minimum absolute atomic E-state index is 0.411. The molecule has 2 nitrogen and oxygen atoms in total. The van der Waals surface area contributed by atoms with Crippen LogP contribution in [0.2, 0.25) is 0 Å². The standard InChI is InChI=1S/C21H43NO/c1-4-7-10-13-14-15-18-21(23)22(19-16-11-8-5-2)20-17-12-9-6-3/h4-20H2,1-3H3. The molecule has 0 aromatic heterocycles. The van der Waals surface area contributed by atoms with E-state index in [0.717, 1.165) is 25.9 Å². The van der Waals surface area contributed by atoms with Gasteiger partial charge in [-0.1, -0.05) is 91.4 Å². The zero-order valence-electron chi connectivity index (χ0n) is 16.4. The van der Waals surface area contributed by atoms with E-state index < -0.39 is 0 Å². The van der Waals surface area contributed by atoms with Gasteiger partial charge in [-0.2, -0.15) is 0 Å². The lowest BCUT2D eigenvalue weighted by Gasteiger charge is -2.23. The van der Waals surface area contributed by atoms with Crippen molar-refractivity contribution < 1.29 is 4.79 Å². The van der Waals surface area contributed by atoms with E-state index in [9.17, 15) is 4.79 Å². The lowest BCUT2D eigenvalue weighted by molar-refractivity contribution is -0.131. The van der Waals surface area contributed by atoms with Gasteiger partial charge in [0, 0.05) is 19.5 Å². The Morgan fingerprint density at radius 3 is 1.43 bits per heavy atom. The summed E-state index contributed by atoms with van der Waals surface area (Å²) in [6.45, 7) is 8.71. The van der Waals surface area contributed by atoms with E-state index in [4.69, 9.17) is 0 Å². The molecule has 0 spiro atoms. The van der Waals surface area contributed by atoms with E-state index in [1.54, 1.807) is 0 Å². The van der Waals surface area contributed by atoms with Gasteiger partial charge < -0.3 is 4.90 Å². The van der Waals surface area contributed by atoms with Gasteiger partial charge in [0.2, 0.25) is 5.91 Å². The number of amides is 1. The van der Waals surface area contributed by atoms with Crippen LogP contribution >= 0.6 is 0 Å². The van der Waals surface area contributed by atoms with E-state index >= 15 is 0 Å². The van der Waals surface area contributed by atoms with Crippen molar-refractivity contribution in [3.63, 3.8) is 0 Å². The molecule has 0 aliphatic rings. The summed E-state index contributed by atoms with van der Waals surface area (Å²) in [4.78, 5) is 14.6. The van der Waals surface area contributed by atoms with Crippen molar-refractivity contribution in [2.75, 3.05) is 13.1 Å². The first-order chi connectivity index (χ1) is 11.3. The van der Waals surface area contributed by atoms with Crippen LogP contribution in [0.3, 0.4) is 0 Å². The van der Waals surface area contributed by atoms with Crippen LogP contribution in [0.25, 0.3) is 0 Å². The molecule has 0 bridgehead atoms. The Morgan fingerprint density at radius 2 is 0.957 bits per heavy atom. The Bertz CT molecular complexity index is 240. The largest absolute Gasteiger partial charge is 0.343 e. The maximum atomic E-state index is 12.5. The van der Waals surface area contributed by atoms with Crippen molar-refractivity contribution in [3.05, 3.63) is 0 Å². The molecule has 0 aliphatic carbocycles. The number of rotatable bonds is 17. The Morgan fingerprint density at radius 1 is 0.565 bits per heavy atom. The first-order valence-corrected chi connectivity index (χ1v) is 10.5. The third kappa shape index (κ3) is 14.8. The molecule has 23 heavy (non-hydrogen) atoms. The summed E-state index contributed by atoms with van der Waals surface area (Å²) in [5.74, 6) is 0.411. The minimum atomic E-state index is 0.411. The van der Waals surface area contributed by atoms with Crippen molar-refractivity contribution in [2.45, 2.75) is 117 Å². The molecule has 2 heteroatoms. The summed E-state index contributed by atoms with van der Waals surface area (Å²) in [7, 11) is 0. The molecule has 0 aliphatic heterocycles. The minimum Gasteiger partial charge on any atom is -0.343 e. The van der Waals surface area contributed by atoms with E-state index in [-0.39, 0.29) is 0 Å². The average molecular weight is 326 g/mol. The molecule has 0 N–H and O–H groups in total. The summed E-state index contributed by atoms with van der Waals surface area (Å²) >= 11 is 0. The van der Waals surface area contributed by atoms with Crippen LogP contribution in [0, 0.1) is 0 Å². The summed E-state index contributed by atoms with van der Waals surface area (Å²) in [6.07, 6.45) is 18.4. The lowest BCUT2D eigenvalue weighted by Crippen LogP contribution is -2.32. The Labute approximate surface area is 146 Å². The van der Waals surface area contributed by atoms with E-state index in [1.807, 2.05) is 0 Å². The van der Waals surface area contributed by atoms with Crippen LogP contribution < -0.4 is 0 Å². The third-order valence-corrected chi connectivity index (χ3v) is 4.66. The fourth-order valence-electron chi connectivity index (χ4n) is 3.03. The van der Waals surface area contributed by atoms with Crippen LogP contribution in [0.1, 0.15) is 117 Å². The fraction of sp³-hybridized carbons (Fsp3) is 0.952. The maximum absolute atomic E-state index is 12.5. The SMILES string of the molecule is CCCCCCCCC(=O)N(CCCCCC)CCCCCC. The second kappa shape index (κ2) is 17.8. The predicted octanol–water partition coefficient (Wildman–Crippen LogP) is 6.73. The normalized spacial score (nSPS) is 10.9. The van der Waals surface area contributed by atoms with Crippen molar-refractivity contribution in [3.8, 4) is 0 Å². The summed E-state index contributed by atoms with van der Waals surface area (Å²) in [5, 5.41) is 0. The van der Waals surface area contributed by atoms with E-state index in [1.165, 1.54) is 83.5 Å². The van der Waals surface area contributed by atoms with Gasteiger partial charge in [0.05, 0.1) is 0 Å². The van der Waals surface area contributed by atoms with E-state index in [2.05, 4.69) is 25.7 Å². The van der Waals surface area contributed by atoms with Gasteiger partial charge >= 0.3 is 0 Å². The molecule has 0 aromatic rings. The second-order valence-corrected chi connectivity index (χ2v) is 7.02. The van der Waals surface area contributed by atoms with Crippen molar-refractivity contribution in [1.29, 1.82) is 0 Å². The first-order valence-electron chi connectivity index (χ1n) is 10.5. The summed E-state index contributed by atoms with van der Waals surface area (Å²) < 4.78 is 0. The number of carbonyl (C=O) groups is 1. The Balaban J connectivity index is 3.95. The summed E-state index contributed by atoms with van der Waals surface area (Å²) in [5.41, 5.74) is 0. The molecule has 0 saturated carbocycles. The van der Waals surface area contributed by atoms with Gasteiger partial charge in [-0.3, -0.25) is 4.79 Å². The molecule has 0 unspecified atom stereocenters. The molecule has 0 rings (SSSR count). The third-order valence-electron chi connectivity index (χ3n) is 4.66. The molecule has 1 amide bonds. The van der Waals surface area contributed by atoms with Gasteiger partial charge in [-0.15, -0.1) is 0 Å². The molecule has 0 radical (unpaired) electrons. The van der Waals surface area contributed by atoms with Gasteiger partial charge in [0.15, 0.2) is 0 Å². The molecule has 0 heterocycles. The average Bonchev–Trinajstić information content (AvgIpc) is 2.56. The van der Waals surface area contributed by atoms with Gasteiger partial charge in [-0.25, -0.2) is 0 Å². The predicted molar refractivity (Wildman–Crippen MR) is 103 cm³/mol. The number of unbranched alkanes of at least 4 members (excludes halogenated alkanes) is 11. The van der Waals surface area contributed by atoms with Gasteiger partial charge in [-0.05, 0) is 19.3 Å². The Kier molecular flexibility index (Phi) is 17.4. The molecule has 0 saturated heterocycles. The zero-order valence-corrected chi connectivity index (χ0v) is 16.4.